The Morgan fingerprint density at radius 3 is 2.50 bits per heavy atom. The number of unbranched alkanes of at least 4 members (excludes halogenated alkanes) is 2. The molecule has 3 nitrogen and oxygen atoms in total. The van der Waals surface area contributed by atoms with Crippen molar-refractivity contribution in [3.8, 4) is 0 Å². The monoisotopic (exact) mass is 228 g/mol. The summed E-state index contributed by atoms with van der Waals surface area (Å²) in [5.74, 6) is 1.11. The molecule has 0 aromatic rings. The Kier molecular flexibility index (Phi) is 9.30. The van der Waals surface area contributed by atoms with Gasteiger partial charge in [0.2, 0.25) is 5.91 Å². The topological polar surface area (TPSA) is 55.1 Å². The number of carbonyl (C=O) groups is 1. The molecule has 16 heavy (non-hydrogen) atoms. The molecule has 0 bridgehead atoms. The van der Waals surface area contributed by atoms with E-state index in [1.807, 2.05) is 0 Å². The highest BCUT2D eigenvalue weighted by Crippen LogP contribution is 2.13. The fourth-order valence-corrected chi connectivity index (χ4v) is 1.87. The molecular weight excluding hydrogens is 200 g/mol. The highest BCUT2D eigenvalue weighted by Gasteiger charge is 2.13. The van der Waals surface area contributed by atoms with Crippen LogP contribution in [0.15, 0.2) is 0 Å². The molecule has 0 saturated carbocycles. The van der Waals surface area contributed by atoms with Gasteiger partial charge in [-0.1, -0.05) is 33.6 Å². The van der Waals surface area contributed by atoms with Gasteiger partial charge in [-0.3, -0.25) is 4.79 Å². The number of nitrogens with one attached hydrogen (secondary N) is 1. The molecule has 1 atom stereocenters. The molecule has 0 aliphatic heterocycles. The average Bonchev–Trinajstić information content (AvgIpc) is 2.23. The summed E-state index contributed by atoms with van der Waals surface area (Å²) in [6, 6.07) is 0. The lowest BCUT2D eigenvalue weighted by Crippen LogP contribution is -2.29. The van der Waals surface area contributed by atoms with E-state index >= 15 is 0 Å². The van der Waals surface area contributed by atoms with Gasteiger partial charge in [-0.2, -0.15) is 0 Å². The molecule has 1 unspecified atom stereocenters. The molecule has 0 saturated heterocycles. The van der Waals surface area contributed by atoms with Crippen molar-refractivity contribution in [2.24, 2.45) is 17.6 Å². The predicted octanol–water partition coefficient (Wildman–Crippen LogP) is 2.30. The second kappa shape index (κ2) is 9.64. The number of hydrogen-bond acceptors (Lipinski definition) is 2. The van der Waals surface area contributed by atoms with Gasteiger partial charge in [0, 0.05) is 13.0 Å². The van der Waals surface area contributed by atoms with E-state index < -0.39 is 0 Å². The molecule has 0 heterocycles. The smallest absolute Gasteiger partial charge is 0.220 e. The molecule has 0 radical (unpaired) electrons. The van der Waals surface area contributed by atoms with Crippen LogP contribution in [0.2, 0.25) is 0 Å². The summed E-state index contributed by atoms with van der Waals surface area (Å²) >= 11 is 0. The average molecular weight is 228 g/mol. The van der Waals surface area contributed by atoms with Crippen LogP contribution in [0, 0.1) is 11.8 Å². The lowest BCUT2D eigenvalue weighted by Gasteiger charge is -2.16. The molecule has 0 fully saturated rings. The maximum absolute atomic E-state index is 11.6. The van der Waals surface area contributed by atoms with Crippen molar-refractivity contribution in [1.82, 2.24) is 5.32 Å². The lowest BCUT2D eigenvalue weighted by molar-refractivity contribution is -0.122. The van der Waals surface area contributed by atoms with Crippen LogP contribution in [-0.4, -0.2) is 19.0 Å². The zero-order chi connectivity index (χ0) is 12.4. The highest BCUT2D eigenvalue weighted by molar-refractivity contribution is 5.76. The van der Waals surface area contributed by atoms with Crippen molar-refractivity contribution in [1.29, 1.82) is 0 Å². The first kappa shape index (κ1) is 15.4. The van der Waals surface area contributed by atoms with Crippen LogP contribution in [0.3, 0.4) is 0 Å². The normalized spacial score (nSPS) is 12.8. The number of amides is 1. The van der Waals surface area contributed by atoms with Gasteiger partial charge in [-0.05, 0) is 31.2 Å². The Hall–Kier alpha value is -0.570. The lowest BCUT2D eigenvalue weighted by atomic mass is 9.94. The molecular formula is C13H28N2O. The Labute approximate surface area is 100 Å². The molecule has 0 aliphatic rings. The summed E-state index contributed by atoms with van der Waals surface area (Å²) in [5.41, 5.74) is 5.67. The maximum Gasteiger partial charge on any atom is 0.220 e. The summed E-state index contributed by atoms with van der Waals surface area (Å²) < 4.78 is 0. The van der Waals surface area contributed by atoms with Crippen LogP contribution in [0.4, 0.5) is 0 Å². The maximum atomic E-state index is 11.6. The van der Waals surface area contributed by atoms with E-state index in [4.69, 9.17) is 5.73 Å². The second-order valence-corrected chi connectivity index (χ2v) is 4.99. The Morgan fingerprint density at radius 1 is 1.31 bits per heavy atom. The van der Waals surface area contributed by atoms with Crippen molar-refractivity contribution in [3.63, 3.8) is 0 Å². The number of nitrogens with two attached hydrogens (primary N) is 1. The van der Waals surface area contributed by atoms with Gasteiger partial charge in [0.1, 0.15) is 0 Å². The Balaban J connectivity index is 3.66. The third-order valence-corrected chi connectivity index (χ3v) is 2.71. The minimum atomic E-state index is 0.159. The molecule has 1 amide bonds. The van der Waals surface area contributed by atoms with Gasteiger partial charge < -0.3 is 11.1 Å². The second-order valence-electron chi connectivity index (χ2n) is 4.99. The molecule has 3 N–H and O–H groups in total. The molecule has 0 spiro atoms. The molecule has 0 aliphatic carbocycles. The number of hydrogen-bond donors (Lipinski definition) is 2. The van der Waals surface area contributed by atoms with E-state index in [1.54, 1.807) is 0 Å². The third-order valence-electron chi connectivity index (χ3n) is 2.71. The van der Waals surface area contributed by atoms with Gasteiger partial charge in [-0.15, -0.1) is 0 Å². The minimum absolute atomic E-state index is 0.159. The molecule has 0 aromatic carbocycles. The largest absolute Gasteiger partial charge is 0.356 e. The van der Waals surface area contributed by atoms with Crippen LogP contribution < -0.4 is 11.1 Å². The number of rotatable bonds is 9. The van der Waals surface area contributed by atoms with Gasteiger partial charge >= 0.3 is 0 Å². The van der Waals surface area contributed by atoms with Gasteiger partial charge in [0.15, 0.2) is 0 Å². The molecule has 3 heteroatoms. The van der Waals surface area contributed by atoms with E-state index in [9.17, 15) is 4.79 Å². The van der Waals surface area contributed by atoms with Crippen molar-refractivity contribution in [2.75, 3.05) is 13.1 Å². The quantitative estimate of drug-likeness (QED) is 0.595. The first-order chi connectivity index (χ1) is 7.60. The van der Waals surface area contributed by atoms with Crippen molar-refractivity contribution in [3.05, 3.63) is 0 Å². The molecule has 96 valence electrons. The van der Waals surface area contributed by atoms with Crippen LogP contribution in [0.5, 0.6) is 0 Å². The van der Waals surface area contributed by atoms with E-state index in [0.29, 0.717) is 24.8 Å². The third kappa shape index (κ3) is 8.72. The van der Waals surface area contributed by atoms with Crippen LogP contribution in [-0.2, 0) is 4.79 Å². The summed E-state index contributed by atoms with van der Waals surface area (Å²) in [6.45, 7) is 7.92. The summed E-state index contributed by atoms with van der Waals surface area (Å²) in [6.07, 6.45) is 5.08. The Morgan fingerprint density at radius 2 is 2.00 bits per heavy atom. The van der Waals surface area contributed by atoms with Gasteiger partial charge in [-0.25, -0.2) is 0 Å². The highest BCUT2D eigenvalue weighted by atomic mass is 16.1. The van der Waals surface area contributed by atoms with Crippen LogP contribution in [0.25, 0.3) is 0 Å². The van der Waals surface area contributed by atoms with Crippen LogP contribution >= 0.6 is 0 Å². The first-order valence-electron chi connectivity index (χ1n) is 6.56. The fourth-order valence-electron chi connectivity index (χ4n) is 1.87. The van der Waals surface area contributed by atoms with E-state index in [-0.39, 0.29) is 5.91 Å². The van der Waals surface area contributed by atoms with Crippen molar-refractivity contribution < 1.29 is 4.79 Å². The summed E-state index contributed by atoms with van der Waals surface area (Å²) in [4.78, 5) is 11.6. The van der Waals surface area contributed by atoms with Gasteiger partial charge in [0.05, 0.1) is 0 Å². The van der Waals surface area contributed by atoms with Gasteiger partial charge in [0.25, 0.3) is 0 Å². The SMILES string of the molecule is CCCCCNC(=O)CC(CN)CC(C)C. The predicted molar refractivity (Wildman–Crippen MR) is 69.2 cm³/mol. The zero-order valence-corrected chi connectivity index (χ0v) is 11.1. The van der Waals surface area contributed by atoms with E-state index in [0.717, 1.165) is 19.4 Å². The molecule has 0 rings (SSSR count). The zero-order valence-electron chi connectivity index (χ0n) is 11.1. The van der Waals surface area contributed by atoms with Crippen LogP contribution in [0.1, 0.15) is 52.9 Å². The Bertz CT molecular complexity index is 181. The molecule has 0 aromatic heterocycles. The summed E-state index contributed by atoms with van der Waals surface area (Å²) in [7, 11) is 0. The standard InChI is InChI=1S/C13H28N2O/c1-4-5-6-7-15-13(16)9-12(10-14)8-11(2)3/h11-12H,4-10,14H2,1-3H3,(H,15,16). The van der Waals surface area contributed by atoms with Crippen molar-refractivity contribution in [2.45, 2.75) is 52.9 Å². The first-order valence-corrected chi connectivity index (χ1v) is 6.56. The van der Waals surface area contributed by atoms with E-state index in [1.165, 1.54) is 12.8 Å². The van der Waals surface area contributed by atoms with Crippen molar-refractivity contribution >= 4 is 5.91 Å². The minimum Gasteiger partial charge on any atom is -0.356 e. The fraction of sp³-hybridized carbons (Fsp3) is 0.923. The van der Waals surface area contributed by atoms with E-state index in [2.05, 4.69) is 26.1 Å². The summed E-state index contributed by atoms with van der Waals surface area (Å²) in [5, 5.41) is 2.96. The number of carbonyl (C=O) groups excluding carboxylic acids is 1.